The minimum absolute atomic E-state index is 0.647. The summed E-state index contributed by atoms with van der Waals surface area (Å²) in [7, 11) is 0. The molecule has 0 aliphatic carbocycles. The smallest absolute Gasteiger partial charge is 0.123 e. The summed E-state index contributed by atoms with van der Waals surface area (Å²) >= 11 is 0. The van der Waals surface area contributed by atoms with Crippen LogP contribution in [0.25, 0.3) is 0 Å². The quantitative estimate of drug-likeness (QED) is 0.756. The maximum atomic E-state index is 8.83. The van der Waals surface area contributed by atoms with Crippen LogP contribution in [0.1, 0.15) is 25.0 Å². The van der Waals surface area contributed by atoms with Gasteiger partial charge in [0.15, 0.2) is 0 Å². The number of nitriles is 1. The Bertz CT molecular complexity index is 392. The topological polar surface area (TPSA) is 36.3 Å². The van der Waals surface area contributed by atoms with Gasteiger partial charge in [0, 0.05) is 6.54 Å². The second-order valence-corrected chi connectivity index (χ2v) is 3.97. The molecule has 0 aliphatic heterocycles. The van der Waals surface area contributed by atoms with Crippen molar-refractivity contribution in [2.45, 2.75) is 20.8 Å². The fraction of sp³-hybridized carbons (Fsp3) is 0.500. The molecule has 0 aromatic heterocycles. The Morgan fingerprint density at radius 1 is 1.29 bits per heavy atom. The van der Waals surface area contributed by atoms with Crippen molar-refractivity contribution in [3.05, 3.63) is 29.3 Å². The van der Waals surface area contributed by atoms with Crippen LogP contribution in [-0.4, -0.2) is 31.1 Å². The molecule has 0 N–H and O–H groups in total. The number of hydrogen-bond acceptors (Lipinski definition) is 3. The molecule has 1 aromatic carbocycles. The molecule has 0 unspecified atom stereocenters. The molecule has 0 aliphatic rings. The number of aryl methyl sites for hydroxylation is 1. The molecule has 0 spiro atoms. The van der Waals surface area contributed by atoms with Gasteiger partial charge in [0.1, 0.15) is 12.4 Å². The van der Waals surface area contributed by atoms with Gasteiger partial charge in [0.25, 0.3) is 0 Å². The van der Waals surface area contributed by atoms with E-state index in [9.17, 15) is 0 Å². The van der Waals surface area contributed by atoms with Crippen LogP contribution in [-0.2, 0) is 0 Å². The second kappa shape index (κ2) is 6.93. The van der Waals surface area contributed by atoms with E-state index in [2.05, 4.69) is 24.8 Å². The van der Waals surface area contributed by atoms with Crippen LogP contribution in [0.5, 0.6) is 5.75 Å². The highest BCUT2D eigenvalue weighted by Gasteiger charge is 2.03. The lowest BCUT2D eigenvalue weighted by atomic mass is 10.1. The van der Waals surface area contributed by atoms with Gasteiger partial charge in [-0.1, -0.05) is 19.9 Å². The van der Waals surface area contributed by atoms with Gasteiger partial charge in [-0.25, -0.2) is 0 Å². The first-order chi connectivity index (χ1) is 8.21. The SMILES string of the molecule is CCN(CC)CCOc1cc(C#N)ccc1C. The van der Waals surface area contributed by atoms with Gasteiger partial charge < -0.3 is 9.64 Å². The molecule has 0 bridgehead atoms. The highest BCUT2D eigenvalue weighted by atomic mass is 16.5. The Morgan fingerprint density at radius 2 is 2.00 bits per heavy atom. The summed E-state index contributed by atoms with van der Waals surface area (Å²) in [5.41, 5.74) is 1.72. The zero-order valence-electron chi connectivity index (χ0n) is 10.9. The first kappa shape index (κ1) is 13.5. The predicted octanol–water partition coefficient (Wildman–Crippen LogP) is 2.59. The number of benzene rings is 1. The van der Waals surface area contributed by atoms with Crippen molar-refractivity contribution in [3.8, 4) is 11.8 Å². The molecule has 0 saturated heterocycles. The van der Waals surface area contributed by atoms with Gasteiger partial charge >= 0.3 is 0 Å². The number of nitrogens with zero attached hydrogens (tertiary/aromatic N) is 2. The molecule has 0 amide bonds. The molecule has 3 nitrogen and oxygen atoms in total. The van der Waals surface area contributed by atoms with E-state index < -0.39 is 0 Å². The number of likely N-dealkylation sites (N-methyl/N-ethyl adjacent to an activating group) is 1. The minimum Gasteiger partial charge on any atom is -0.492 e. The molecule has 0 atom stereocenters. The maximum Gasteiger partial charge on any atom is 0.123 e. The van der Waals surface area contributed by atoms with E-state index >= 15 is 0 Å². The van der Waals surface area contributed by atoms with Crippen molar-refractivity contribution in [1.29, 1.82) is 5.26 Å². The van der Waals surface area contributed by atoms with Gasteiger partial charge in [0.2, 0.25) is 0 Å². The standard InChI is InChI=1S/C14H20N2O/c1-4-16(5-2)8-9-17-14-10-13(11-15)7-6-12(14)3/h6-7,10H,4-5,8-9H2,1-3H3. The molecule has 0 fully saturated rings. The minimum atomic E-state index is 0.647. The van der Waals surface area contributed by atoms with Crippen molar-refractivity contribution in [2.75, 3.05) is 26.2 Å². The lowest BCUT2D eigenvalue weighted by Crippen LogP contribution is -2.28. The van der Waals surface area contributed by atoms with E-state index in [-0.39, 0.29) is 0 Å². The molecule has 3 heteroatoms. The van der Waals surface area contributed by atoms with Crippen LogP contribution in [0.4, 0.5) is 0 Å². The fourth-order valence-corrected chi connectivity index (χ4v) is 1.65. The number of ether oxygens (including phenoxy) is 1. The Hall–Kier alpha value is -1.53. The summed E-state index contributed by atoms with van der Waals surface area (Å²) in [6, 6.07) is 7.66. The molecule has 0 radical (unpaired) electrons. The Kier molecular flexibility index (Phi) is 5.51. The van der Waals surface area contributed by atoms with Crippen molar-refractivity contribution in [2.24, 2.45) is 0 Å². The summed E-state index contributed by atoms with van der Waals surface area (Å²) in [5.74, 6) is 0.816. The van der Waals surface area contributed by atoms with E-state index in [1.54, 1.807) is 6.07 Å². The molecule has 1 rings (SSSR count). The van der Waals surface area contributed by atoms with Gasteiger partial charge in [-0.05, 0) is 37.7 Å². The third kappa shape index (κ3) is 4.08. The largest absolute Gasteiger partial charge is 0.492 e. The van der Waals surface area contributed by atoms with Gasteiger partial charge in [-0.3, -0.25) is 0 Å². The molecule has 0 heterocycles. The zero-order valence-corrected chi connectivity index (χ0v) is 10.9. The number of rotatable bonds is 6. The molecule has 92 valence electrons. The third-order valence-electron chi connectivity index (χ3n) is 2.88. The van der Waals surface area contributed by atoms with Crippen LogP contribution in [0.3, 0.4) is 0 Å². The van der Waals surface area contributed by atoms with Gasteiger partial charge in [-0.2, -0.15) is 5.26 Å². The van der Waals surface area contributed by atoms with E-state index in [0.29, 0.717) is 12.2 Å². The van der Waals surface area contributed by atoms with Gasteiger partial charge in [-0.15, -0.1) is 0 Å². The monoisotopic (exact) mass is 232 g/mol. The summed E-state index contributed by atoms with van der Waals surface area (Å²) in [6.45, 7) is 9.94. The summed E-state index contributed by atoms with van der Waals surface area (Å²) < 4.78 is 5.72. The third-order valence-corrected chi connectivity index (χ3v) is 2.88. The van der Waals surface area contributed by atoms with Crippen molar-refractivity contribution in [3.63, 3.8) is 0 Å². The summed E-state index contributed by atoms with van der Waals surface area (Å²) in [5, 5.41) is 8.83. The molecule has 1 aromatic rings. The summed E-state index contributed by atoms with van der Waals surface area (Å²) in [4.78, 5) is 2.31. The maximum absolute atomic E-state index is 8.83. The van der Waals surface area contributed by atoms with Crippen LogP contribution >= 0.6 is 0 Å². The second-order valence-electron chi connectivity index (χ2n) is 3.97. The highest BCUT2D eigenvalue weighted by Crippen LogP contribution is 2.18. The van der Waals surface area contributed by atoms with E-state index in [1.165, 1.54) is 0 Å². The Balaban J connectivity index is 2.54. The highest BCUT2D eigenvalue weighted by molar-refractivity contribution is 5.41. The number of hydrogen-bond donors (Lipinski definition) is 0. The van der Waals surface area contributed by atoms with E-state index in [1.807, 2.05) is 19.1 Å². The average Bonchev–Trinajstić information content (AvgIpc) is 2.36. The van der Waals surface area contributed by atoms with Crippen LogP contribution < -0.4 is 4.74 Å². The molecular weight excluding hydrogens is 212 g/mol. The lowest BCUT2D eigenvalue weighted by molar-refractivity contribution is 0.222. The van der Waals surface area contributed by atoms with Crippen molar-refractivity contribution in [1.82, 2.24) is 4.90 Å². The normalized spacial score (nSPS) is 10.3. The van der Waals surface area contributed by atoms with Gasteiger partial charge in [0.05, 0.1) is 11.6 Å². The molecule has 17 heavy (non-hydrogen) atoms. The predicted molar refractivity (Wildman–Crippen MR) is 69.2 cm³/mol. The fourth-order valence-electron chi connectivity index (χ4n) is 1.65. The Morgan fingerprint density at radius 3 is 2.59 bits per heavy atom. The van der Waals surface area contributed by atoms with Crippen molar-refractivity contribution < 1.29 is 4.74 Å². The molecular formula is C14H20N2O. The van der Waals surface area contributed by atoms with Crippen LogP contribution in [0.2, 0.25) is 0 Å². The van der Waals surface area contributed by atoms with Crippen LogP contribution in [0, 0.1) is 18.3 Å². The van der Waals surface area contributed by atoms with E-state index in [0.717, 1.165) is 30.9 Å². The zero-order chi connectivity index (χ0) is 12.7. The van der Waals surface area contributed by atoms with Crippen LogP contribution in [0.15, 0.2) is 18.2 Å². The van der Waals surface area contributed by atoms with Crippen molar-refractivity contribution >= 4 is 0 Å². The average molecular weight is 232 g/mol. The molecule has 0 saturated carbocycles. The Labute approximate surface area is 104 Å². The summed E-state index contributed by atoms with van der Waals surface area (Å²) in [6.07, 6.45) is 0. The first-order valence-corrected chi connectivity index (χ1v) is 6.07. The first-order valence-electron chi connectivity index (χ1n) is 6.07. The lowest BCUT2D eigenvalue weighted by Gasteiger charge is -2.18. The van der Waals surface area contributed by atoms with E-state index in [4.69, 9.17) is 10.00 Å².